The number of nitrogens with zero attached hydrogens (tertiary/aromatic N) is 2. The molecule has 0 spiro atoms. The van der Waals surface area contributed by atoms with Gasteiger partial charge in [0.1, 0.15) is 5.82 Å². The zero-order valence-electron chi connectivity index (χ0n) is 15.9. The molecular weight excluding hydrogens is 358 g/mol. The van der Waals surface area contributed by atoms with Crippen LogP contribution in [0.1, 0.15) is 32.0 Å². The molecule has 8 nitrogen and oxygen atoms in total. The number of imidazole rings is 1. The quantitative estimate of drug-likeness (QED) is 0.564. The van der Waals surface area contributed by atoms with Gasteiger partial charge in [-0.15, -0.1) is 0 Å². The van der Waals surface area contributed by atoms with Gasteiger partial charge in [-0.1, -0.05) is 30.3 Å². The van der Waals surface area contributed by atoms with E-state index in [2.05, 4.69) is 15.3 Å². The van der Waals surface area contributed by atoms with Gasteiger partial charge in [0.25, 0.3) is 5.91 Å². The zero-order chi connectivity index (χ0) is 20.1. The van der Waals surface area contributed by atoms with Gasteiger partial charge in [0.05, 0.1) is 29.7 Å². The van der Waals surface area contributed by atoms with Crippen molar-refractivity contribution in [3.05, 3.63) is 42.4 Å². The second-order valence-electron chi connectivity index (χ2n) is 7.18. The molecule has 1 aliphatic heterocycles. The Kier molecular flexibility index (Phi) is 5.89. The molecule has 1 saturated heterocycles. The third-order valence-corrected chi connectivity index (χ3v) is 5.05. The van der Waals surface area contributed by atoms with Gasteiger partial charge in [-0.2, -0.15) is 0 Å². The van der Waals surface area contributed by atoms with Crippen molar-refractivity contribution in [2.45, 2.75) is 38.3 Å². The molecule has 0 bridgehead atoms. The van der Waals surface area contributed by atoms with Crippen LogP contribution in [0.25, 0.3) is 11.3 Å². The first-order chi connectivity index (χ1) is 13.4. The number of hydrogen-bond acceptors (Lipinski definition) is 5. The minimum absolute atomic E-state index is 0.0248. The van der Waals surface area contributed by atoms with Gasteiger partial charge >= 0.3 is 0 Å². The van der Waals surface area contributed by atoms with E-state index in [1.165, 1.54) is 6.92 Å². The summed E-state index contributed by atoms with van der Waals surface area (Å²) in [5, 5.41) is 21.3. The highest BCUT2D eigenvalue weighted by Gasteiger charge is 2.35. The molecule has 0 unspecified atom stereocenters. The Morgan fingerprint density at radius 1 is 1.29 bits per heavy atom. The molecule has 8 heteroatoms. The van der Waals surface area contributed by atoms with Crippen molar-refractivity contribution < 1.29 is 14.7 Å². The molecule has 0 radical (unpaired) electrons. The maximum absolute atomic E-state index is 12.2. The van der Waals surface area contributed by atoms with Gasteiger partial charge in [0.2, 0.25) is 5.91 Å². The number of aliphatic hydroxyl groups is 1. The molecule has 0 saturated carbocycles. The van der Waals surface area contributed by atoms with Gasteiger partial charge in [0, 0.05) is 26.4 Å². The van der Waals surface area contributed by atoms with E-state index in [0.717, 1.165) is 11.3 Å². The molecule has 1 fully saturated rings. The van der Waals surface area contributed by atoms with Crippen LogP contribution in [0, 0.1) is 5.41 Å². The van der Waals surface area contributed by atoms with Gasteiger partial charge in [-0.25, -0.2) is 4.98 Å². The van der Waals surface area contributed by atoms with Gasteiger partial charge in [0.15, 0.2) is 0 Å². The van der Waals surface area contributed by atoms with E-state index in [9.17, 15) is 14.7 Å². The summed E-state index contributed by atoms with van der Waals surface area (Å²) in [5.41, 5.74) is 0.561. The van der Waals surface area contributed by atoms with Crippen molar-refractivity contribution in [2.24, 2.45) is 0 Å². The Hall–Kier alpha value is -3.00. The number of carbonyl (C=O) groups excluding carboxylic acids is 2. The highest BCUT2D eigenvalue weighted by atomic mass is 16.3. The predicted octanol–water partition coefficient (Wildman–Crippen LogP) is 1.48. The Morgan fingerprint density at radius 2 is 1.96 bits per heavy atom. The van der Waals surface area contributed by atoms with Gasteiger partial charge < -0.3 is 20.3 Å². The Balaban J connectivity index is 1.49. The number of aromatic nitrogens is 2. The predicted molar refractivity (Wildman–Crippen MR) is 105 cm³/mol. The van der Waals surface area contributed by atoms with Crippen LogP contribution in [0.5, 0.6) is 0 Å². The van der Waals surface area contributed by atoms with Crippen LogP contribution in [0.4, 0.5) is 0 Å². The fourth-order valence-electron chi connectivity index (χ4n) is 3.31. The molecule has 2 heterocycles. The van der Waals surface area contributed by atoms with Crippen molar-refractivity contribution in [1.82, 2.24) is 20.2 Å². The first kappa shape index (κ1) is 19.8. The van der Waals surface area contributed by atoms with E-state index in [1.54, 1.807) is 11.1 Å². The van der Waals surface area contributed by atoms with Crippen molar-refractivity contribution in [3.8, 4) is 11.3 Å². The van der Waals surface area contributed by atoms with Crippen LogP contribution >= 0.6 is 0 Å². The van der Waals surface area contributed by atoms with E-state index < -0.39 is 11.5 Å². The number of nitrogens with one attached hydrogen (secondary N) is 3. The molecule has 1 aromatic heterocycles. The number of hydrogen-bond donors (Lipinski definition) is 4. The number of benzene rings is 1. The van der Waals surface area contributed by atoms with E-state index in [0.29, 0.717) is 31.8 Å². The van der Waals surface area contributed by atoms with Crippen LogP contribution in [-0.4, -0.2) is 56.2 Å². The van der Waals surface area contributed by atoms with Crippen LogP contribution in [0.2, 0.25) is 0 Å². The van der Waals surface area contributed by atoms with E-state index >= 15 is 0 Å². The molecule has 0 atom stereocenters. The highest BCUT2D eigenvalue weighted by Crippen LogP contribution is 2.26. The van der Waals surface area contributed by atoms with Crippen LogP contribution < -0.4 is 5.32 Å². The van der Waals surface area contributed by atoms with E-state index in [4.69, 9.17) is 5.41 Å². The summed E-state index contributed by atoms with van der Waals surface area (Å²) in [6, 6.07) is 9.73. The van der Waals surface area contributed by atoms with Gasteiger partial charge in [-0.05, 0) is 18.4 Å². The van der Waals surface area contributed by atoms with E-state index in [1.807, 2.05) is 30.3 Å². The lowest BCUT2D eigenvalue weighted by molar-refractivity contribution is -0.133. The number of amides is 2. The van der Waals surface area contributed by atoms with Crippen LogP contribution in [0.15, 0.2) is 36.5 Å². The number of carbonyl (C=O) groups is 2. The van der Waals surface area contributed by atoms with Gasteiger partial charge in [-0.3, -0.25) is 15.0 Å². The maximum Gasteiger partial charge on any atom is 0.265 e. The maximum atomic E-state index is 12.2. The summed E-state index contributed by atoms with van der Waals surface area (Å²) in [6.07, 6.45) is 2.40. The zero-order valence-corrected chi connectivity index (χ0v) is 15.9. The molecular formula is C20H25N5O3. The summed E-state index contributed by atoms with van der Waals surface area (Å²) in [7, 11) is 0. The first-order valence-corrected chi connectivity index (χ1v) is 9.29. The number of likely N-dealkylation sites (tertiary alicyclic amines) is 1. The monoisotopic (exact) mass is 383 g/mol. The molecule has 1 aromatic carbocycles. The van der Waals surface area contributed by atoms with Crippen LogP contribution in [0.3, 0.4) is 0 Å². The van der Waals surface area contributed by atoms with Crippen molar-refractivity contribution in [2.75, 3.05) is 13.1 Å². The average Bonchev–Trinajstić information content (AvgIpc) is 3.16. The largest absolute Gasteiger partial charge is 0.389 e. The minimum atomic E-state index is -1.12. The summed E-state index contributed by atoms with van der Waals surface area (Å²) in [6.45, 7) is 2.55. The number of aromatic amines is 1. The molecule has 4 N–H and O–H groups in total. The minimum Gasteiger partial charge on any atom is -0.389 e. The molecule has 148 valence electrons. The molecule has 1 aliphatic rings. The number of rotatable bonds is 6. The second-order valence-corrected chi connectivity index (χ2v) is 7.18. The normalized spacial score (nSPS) is 15.9. The van der Waals surface area contributed by atoms with Crippen molar-refractivity contribution in [3.63, 3.8) is 0 Å². The van der Waals surface area contributed by atoms with E-state index in [-0.39, 0.29) is 24.6 Å². The molecule has 3 rings (SSSR count). The molecule has 0 aliphatic carbocycles. The topological polar surface area (TPSA) is 122 Å². The fourth-order valence-corrected chi connectivity index (χ4v) is 3.31. The number of piperidine rings is 1. The molecule has 2 aromatic rings. The Labute approximate surface area is 163 Å². The number of H-pyrrole nitrogens is 1. The first-order valence-electron chi connectivity index (χ1n) is 9.29. The Bertz CT molecular complexity index is 854. The summed E-state index contributed by atoms with van der Waals surface area (Å²) in [5.74, 6) is 0.0387. The summed E-state index contributed by atoms with van der Waals surface area (Å²) < 4.78 is 0. The lowest BCUT2D eigenvalue weighted by atomic mass is 9.86. The Morgan fingerprint density at radius 3 is 2.61 bits per heavy atom. The summed E-state index contributed by atoms with van der Waals surface area (Å²) in [4.78, 5) is 32.7. The average molecular weight is 383 g/mol. The third-order valence-electron chi connectivity index (χ3n) is 5.05. The van der Waals surface area contributed by atoms with Crippen LogP contribution in [-0.2, 0) is 16.1 Å². The molecule has 2 amide bonds. The second kappa shape index (κ2) is 8.35. The standard InChI is InChI=1S/C20H25N5O3/c1-14(26)25-9-7-20(28,8-10-25)11-16(21)19(27)23-13-18-22-12-17(24-18)15-5-3-2-4-6-15/h2-6,12,21,28H,7-11,13H2,1H3,(H,22,24)(H,23,27). The highest BCUT2D eigenvalue weighted by molar-refractivity contribution is 6.37. The molecule has 28 heavy (non-hydrogen) atoms. The van der Waals surface area contributed by atoms with Crippen molar-refractivity contribution in [1.29, 1.82) is 5.41 Å². The summed E-state index contributed by atoms with van der Waals surface area (Å²) >= 11 is 0. The lowest BCUT2D eigenvalue weighted by Crippen LogP contribution is -2.48. The fraction of sp³-hybridized carbons (Fsp3) is 0.400. The third kappa shape index (κ3) is 4.83. The van der Waals surface area contributed by atoms with Crippen molar-refractivity contribution >= 4 is 17.5 Å². The lowest BCUT2D eigenvalue weighted by Gasteiger charge is -2.37. The smallest absolute Gasteiger partial charge is 0.265 e. The SMILES string of the molecule is CC(=O)N1CCC(O)(CC(=N)C(=O)NCc2ncc(-c3ccccc3)[nH]2)CC1.